The van der Waals surface area contributed by atoms with Crippen LogP contribution in [-0.2, 0) is 9.59 Å². The van der Waals surface area contributed by atoms with E-state index in [0.717, 1.165) is 28.6 Å². The first-order valence-corrected chi connectivity index (χ1v) is 12.5. The number of benzene rings is 2. The molecule has 1 saturated heterocycles. The number of aliphatic hydroxyl groups excluding tert-OH is 1. The summed E-state index contributed by atoms with van der Waals surface area (Å²) in [6.07, 6.45) is 0.862. The van der Waals surface area contributed by atoms with Crippen LogP contribution in [0.5, 0.6) is 5.75 Å². The molecule has 1 aliphatic rings. The Labute approximate surface area is 209 Å². The van der Waals surface area contributed by atoms with Gasteiger partial charge in [-0.1, -0.05) is 45.0 Å². The minimum absolute atomic E-state index is 0.119. The summed E-state index contributed by atoms with van der Waals surface area (Å²) in [7, 11) is 0. The highest BCUT2D eigenvalue weighted by molar-refractivity contribution is 14.1. The number of halogens is 1. The number of likely N-dealkylation sites (N-methyl/N-ethyl adjacent to an activating group) is 1. The predicted molar refractivity (Wildman–Crippen MR) is 138 cm³/mol. The SMILES string of the molecule is CCCOc1cccc(/C(O)=C2\C(=O)C(=O)N(CCN(CC)CC)C2c2ccc(I)cc2)c1. The average molecular weight is 562 g/mol. The lowest BCUT2D eigenvalue weighted by Gasteiger charge is -2.28. The van der Waals surface area contributed by atoms with Gasteiger partial charge in [-0.3, -0.25) is 9.59 Å². The summed E-state index contributed by atoms with van der Waals surface area (Å²) < 4.78 is 6.74. The highest BCUT2D eigenvalue weighted by Crippen LogP contribution is 2.39. The van der Waals surface area contributed by atoms with Crippen molar-refractivity contribution in [1.29, 1.82) is 0 Å². The molecule has 0 radical (unpaired) electrons. The molecular formula is C26H31IN2O4. The highest BCUT2D eigenvalue weighted by Gasteiger charge is 2.45. The van der Waals surface area contributed by atoms with E-state index >= 15 is 0 Å². The number of hydrogen-bond acceptors (Lipinski definition) is 5. The molecule has 1 heterocycles. The van der Waals surface area contributed by atoms with Gasteiger partial charge in [0.05, 0.1) is 18.2 Å². The number of carbonyl (C=O) groups is 2. The molecule has 1 amide bonds. The van der Waals surface area contributed by atoms with Gasteiger partial charge in [0.2, 0.25) is 0 Å². The normalized spacial score (nSPS) is 17.7. The molecule has 0 bridgehead atoms. The van der Waals surface area contributed by atoms with Gasteiger partial charge in [0.15, 0.2) is 0 Å². The van der Waals surface area contributed by atoms with Crippen LogP contribution < -0.4 is 4.74 Å². The number of ether oxygens (including phenoxy) is 1. The molecule has 0 aliphatic carbocycles. The molecule has 7 heteroatoms. The molecule has 1 aliphatic heterocycles. The molecule has 1 atom stereocenters. The van der Waals surface area contributed by atoms with Gasteiger partial charge in [0, 0.05) is 22.2 Å². The number of likely N-dealkylation sites (tertiary alicyclic amines) is 1. The van der Waals surface area contributed by atoms with Gasteiger partial charge in [0.25, 0.3) is 11.7 Å². The summed E-state index contributed by atoms with van der Waals surface area (Å²) in [6.45, 7) is 9.50. The third kappa shape index (κ3) is 5.76. The Morgan fingerprint density at radius 3 is 2.42 bits per heavy atom. The maximum absolute atomic E-state index is 13.2. The number of ketones is 1. The van der Waals surface area contributed by atoms with E-state index in [4.69, 9.17) is 4.74 Å². The fraction of sp³-hybridized carbons (Fsp3) is 0.385. The second kappa shape index (κ2) is 11.7. The second-order valence-electron chi connectivity index (χ2n) is 7.95. The quantitative estimate of drug-likeness (QED) is 0.194. The number of Topliss-reactive ketones (excluding diaryl/α,β-unsaturated/α-hetero) is 1. The Morgan fingerprint density at radius 2 is 1.79 bits per heavy atom. The zero-order valence-corrected chi connectivity index (χ0v) is 21.5. The molecule has 176 valence electrons. The fourth-order valence-corrected chi connectivity index (χ4v) is 4.36. The van der Waals surface area contributed by atoms with E-state index < -0.39 is 17.7 Å². The van der Waals surface area contributed by atoms with Crippen molar-refractivity contribution < 1.29 is 19.4 Å². The second-order valence-corrected chi connectivity index (χ2v) is 9.19. The Kier molecular flexibility index (Phi) is 8.91. The van der Waals surface area contributed by atoms with E-state index in [1.165, 1.54) is 0 Å². The molecule has 3 rings (SSSR count). The van der Waals surface area contributed by atoms with Gasteiger partial charge in [0.1, 0.15) is 11.5 Å². The first-order chi connectivity index (χ1) is 15.9. The van der Waals surface area contributed by atoms with Gasteiger partial charge < -0.3 is 19.6 Å². The average Bonchev–Trinajstić information content (AvgIpc) is 3.08. The summed E-state index contributed by atoms with van der Waals surface area (Å²) in [5.74, 6) is -0.798. The molecule has 1 unspecified atom stereocenters. The Bertz CT molecular complexity index is 1020. The highest BCUT2D eigenvalue weighted by atomic mass is 127. The van der Waals surface area contributed by atoms with Crippen LogP contribution in [-0.4, -0.2) is 59.4 Å². The van der Waals surface area contributed by atoms with E-state index in [2.05, 4.69) is 41.3 Å². The van der Waals surface area contributed by atoms with Crippen molar-refractivity contribution in [2.45, 2.75) is 33.2 Å². The molecule has 0 aromatic heterocycles. The van der Waals surface area contributed by atoms with Crippen LogP contribution in [0.2, 0.25) is 0 Å². The Morgan fingerprint density at radius 1 is 1.09 bits per heavy atom. The van der Waals surface area contributed by atoms with Gasteiger partial charge >= 0.3 is 0 Å². The van der Waals surface area contributed by atoms with E-state index in [9.17, 15) is 14.7 Å². The predicted octanol–water partition coefficient (Wildman–Crippen LogP) is 4.84. The first-order valence-electron chi connectivity index (χ1n) is 11.4. The molecule has 2 aromatic carbocycles. The zero-order chi connectivity index (χ0) is 24.0. The van der Waals surface area contributed by atoms with Crippen molar-refractivity contribution in [3.05, 3.63) is 68.8 Å². The van der Waals surface area contributed by atoms with Crippen LogP contribution in [0.1, 0.15) is 44.4 Å². The third-order valence-electron chi connectivity index (χ3n) is 5.86. The van der Waals surface area contributed by atoms with Crippen LogP contribution in [0.4, 0.5) is 0 Å². The minimum Gasteiger partial charge on any atom is -0.507 e. The van der Waals surface area contributed by atoms with Crippen LogP contribution in [0.3, 0.4) is 0 Å². The summed E-state index contributed by atoms with van der Waals surface area (Å²) >= 11 is 2.22. The summed E-state index contributed by atoms with van der Waals surface area (Å²) in [6, 6.07) is 14.1. The lowest BCUT2D eigenvalue weighted by molar-refractivity contribution is -0.140. The van der Waals surface area contributed by atoms with Crippen LogP contribution in [0, 0.1) is 3.57 Å². The lowest BCUT2D eigenvalue weighted by Crippen LogP contribution is -2.38. The Balaban J connectivity index is 2.06. The summed E-state index contributed by atoms with van der Waals surface area (Å²) in [5.41, 5.74) is 1.38. The molecule has 33 heavy (non-hydrogen) atoms. The number of amides is 1. The molecule has 1 N–H and O–H groups in total. The monoisotopic (exact) mass is 562 g/mol. The van der Waals surface area contributed by atoms with Gasteiger partial charge in [-0.25, -0.2) is 0 Å². The third-order valence-corrected chi connectivity index (χ3v) is 6.58. The molecule has 2 aromatic rings. The van der Waals surface area contributed by atoms with Crippen LogP contribution in [0.25, 0.3) is 5.76 Å². The topological polar surface area (TPSA) is 70.1 Å². The largest absolute Gasteiger partial charge is 0.507 e. The first kappa shape index (κ1) is 25.2. The number of nitrogens with zero attached hydrogens (tertiary/aromatic N) is 2. The van der Waals surface area contributed by atoms with Crippen molar-refractivity contribution >= 4 is 40.0 Å². The smallest absolute Gasteiger partial charge is 0.295 e. The number of rotatable bonds is 10. The number of hydrogen-bond donors (Lipinski definition) is 1. The molecule has 1 fully saturated rings. The van der Waals surface area contributed by atoms with Gasteiger partial charge in [-0.15, -0.1) is 0 Å². The van der Waals surface area contributed by atoms with Crippen molar-refractivity contribution in [3.8, 4) is 5.75 Å². The van der Waals surface area contributed by atoms with Crippen molar-refractivity contribution in [2.24, 2.45) is 0 Å². The van der Waals surface area contributed by atoms with Crippen molar-refractivity contribution in [3.63, 3.8) is 0 Å². The van der Waals surface area contributed by atoms with Crippen LogP contribution >= 0.6 is 22.6 Å². The van der Waals surface area contributed by atoms with E-state index in [1.54, 1.807) is 23.1 Å². The minimum atomic E-state index is -0.657. The number of carbonyl (C=O) groups excluding carboxylic acids is 2. The zero-order valence-electron chi connectivity index (χ0n) is 19.4. The summed E-state index contributed by atoms with van der Waals surface area (Å²) in [5, 5.41) is 11.2. The van der Waals surface area contributed by atoms with Gasteiger partial charge in [-0.2, -0.15) is 0 Å². The molecule has 6 nitrogen and oxygen atoms in total. The maximum atomic E-state index is 13.2. The summed E-state index contributed by atoms with van der Waals surface area (Å²) in [4.78, 5) is 30.0. The van der Waals surface area contributed by atoms with Crippen LogP contribution in [0.15, 0.2) is 54.1 Å². The Hall–Kier alpha value is -2.39. The molecule has 0 saturated carbocycles. The lowest BCUT2D eigenvalue weighted by atomic mass is 9.95. The van der Waals surface area contributed by atoms with Gasteiger partial charge in [-0.05, 0) is 71.9 Å². The fourth-order valence-electron chi connectivity index (χ4n) is 4.00. The van der Waals surface area contributed by atoms with Crippen molar-refractivity contribution in [1.82, 2.24) is 9.80 Å². The van der Waals surface area contributed by atoms with E-state index in [1.807, 2.05) is 37.3 Å². The van der Waals surface area contributed by atoms with E-state index in [-0.39, 0.29) is 11.3 Å². The number of aliphatic hydroxyl groups is 1. The molecule has 0 spiro atoms. The standard InChI is InChI=1S/C26H31IN2O4/c1-4-16-33-21-9-7-8-19(17-21)24(30)22-23(18-10-12-20(27)13-11-18)29(26(32)25(22)31)15-14-28(5-2)6-3/h7-13,17,23,30H,4-6,14-16H2,1-3H3/b24-22+. The maximum Gasteiger partial charge on any atom is 0.295 e. The van der Waals surface area contributed by atoms with Crippen molar-refractivity contribution in [2.75, 3.05) is 32.8 Å². The molecular weight excluding hydrogens is 531 g/mol. The van der Waals surface area contributed by atoms with E-state index in [0.29, 0.717) is 31.0 Å².